The molecule has 0 aliphatic heterocycles. The third-order valence-electron chi connectivity index (χ3n) is 2.56. The molecule has 3 nitrogen and oxygen atoms in total. The van der Waals surface area contributed by atoms with Crippen LogP contribution in [0.25, 0.3) is 0 Å². The van der Waals surface area contributed by atoms with Crippen molar-refractivity contribution in [1.82, 2.24) is 4.57 Å². The first-order chi connectivity index (χ1) is 7.77. The minimum atomic E-state index is -0.317. The Kier molecular flexibility index (Phi) is 6.19. The van der Waals surface area contributed by atoms with Crippen LogP contribution in [0.2, 0.25) is 0 Å². The van der Waals surface area contributed by atoms with E-state index >= 15 is 0 Å². The monoisotopic (exact) mass is 225 g/mol. The summed E-state index contributed by atoms with van der Waals surface area (Å²) in [4.78, 5) is 0. The second-order valence-electron chi connectivity index (χ2n) is 4.10. The molecule has 1 unspecified atom stereocenters. The van der Waals surface area contributed by atoms with E-state index in [4.69, 9.17) is 4.74 Å². The summed E-state index contributed by atoms with van der Waals surface area (Å²) in [6, 6.07) is 1.99. The molecular weight excluding hydrogens is 202 g/mol. The molecule has 0 aliphatic carbocycles. The third-order valence-corrected chi connectivity index (χ3v) is 2.56. The highest BCUT2D eigenvalue weighted by atomic mass is 16.5. The van der Waals surface area contributed by atoms with Crippen molar-refractivity contribution in [2.75, 3.05) is 13.2 Å². The van der Waals surface area contributed by atoms with Crippen molar-refractivity contribution in [2.24, 2.45) is 0 Å². The van der Waals surface area contributed by atoms with Gasteiger partial charge in [0.1, 0.15) is 0 Å². The maximum atomic E-state index is 9.80. The van der Waals surface area contributed by atoms with Crippen LogP contribution < -0.4 is 0 Å². The van der Waals surface area contributed by atoms with Crippen LogP contribution in [0.4, 0.5) is 0 Å². The van der Waals surface area contributed by atoms with Crippen molar-refractivity contribution in [3.8, 4) is 0 Å². The van der Waals surface area contributed by atoms with Gasteiger partial charge >= 0.3 is 0 Å². The van der Waals surface area contributed by atoms with Crippen molar-refractivity contribution in [3.05, 3.63) is 24.0 Å². The van der Waals surface area contributed by atoms with Crippen molar-refractivity contribution in [3.63, 3.8) is 0 Å². The molecular formula is C13H23NO2. The van der Waals surface area contributed by atoms with Crippen LogP contribution in [0, 0.1) is 0 Å². The number of aliphatic hydroxyl groups is 1. The largest absolute Gasteiger partial charge is 0.388 e. The molecule has 0 saturated heterocycles. The Labute approximate surface area is 98.0 Å². The molecule has 0 spiro atoms. The maximum absolute atomic E-state index is 9.80. The summed E-state index contributed by atoms with van der Waals surface area (Å²) in [5.41, 5.74) is 1.01. The van der Waals surface area contributed by atoms with E-state index in [1.165, 1.54) is 0 Å². The van der Waals surface area contributed by atoms with Gasteiger partial charge in [0, 0.05) is 25.5 Å². The van der Waals surface area contributed by atoms with Gasteiger partial charge in [-0.3, -0.25) is 0 Å². The minimum absolute atomic E-state index is 0.317. The standard InChI is InChI=1S/C13H23NO2/c1-3-5-13(15)12-6-7-14(11-12)8-10-16-9-4-2/h6-7,11,13,15H,3-5,8-10H2,1-2H3. The fourth-order valence-electron chi connectivity index (χ4n) is 1.65. The lowest BCUT2D eigenvalue weighted by molar-refractivity contribution is 0.126. The number of hydrogen-bond acceptors (Lipinski definition) is 2. The van der Waals surface area contributed by atoms with Gasteiger partial charge in [-0.15, -0.1) is 0 Å². The molecule has 1 aromatic rings. The summed E-state index contributed by atoms with van der Waals surface area (Å²) in [7, 11) is 0. The van der Waals surface area contributed by atoms with E-state index in [1.54, 1.807) is 0 Å². The summed E-state index contributed by atoms with van der Waals surface area (Å²) < 4.78 is 7.49. The third kappa shape index (κ3) is 4.37. The zero-order chi connectivity index (χ0) is 11.8. The first-order valence-electron chi connectivity index (χ1n) is 6.19. The van der Waals surface area contributed by atoms with Crippen LogP contribution in [-0.4, -0.2) is 22.9 Å². The fraction of sp³-hybridized carbons (Fsp3) is 0.692. The van der Waals surface area contributed by atoms with Crippen LogP contribution in [0.5, 0.6) is 0 Å². The fourth-order valence-corrected chi connectivity index (χ4v) is 1.65. The Morgan fingerprint density at radius 3 is 2.81 bits per heavy atom. The zero-order valence-electron chi connectivity index (χ0n) is 10.4. The molecule has 0 bridgehead atoms. The van der Waals surface area contributed by atoms with Gasteiger partial charge in [-0.1, -0.05) is 20.3 Å². The molecule has 92 valence electrons. The molecule has 0 radical (unpaired) electrons. The van der Waals surface area contributed by atoms with Gasteiger partial charge < -0.3 is 14.4 Å². The Morgan fingerprint density at radius 1 is 1.31 bits per heavy atom. The molecule has 1 aromatic heterocycles. The molecule has 3 heteroatoms. The summed E-state index contributed by atoms with van der Waals surface area (Å²) in [5, 5.41) is 9.80. The van der Waals surface area contributed by atoms with E-state index in [-0.39, 0.29) is 6.10 Å². The Morgan fingerprint density at radius 2 is 2.12 bits per heavy atom. The molecule has 16 heavy (non-hydrogen) atoms. The van der Waals surface area contributed by atoms with Crippen molar-refractivity contribution >= 4 is 0 Å². The molecule has 0 amide bonds. The van der Waals surface area contributed by atoms with Crippen LogP contribution >= 0.6 is 0 Å². The number of hydrogen-bond donors (Lipinski definition) is 1. The van der Waals surface area contributed by atoms with Crippen LogP contribution in [0.1, 0.15) is 44.8 Å². The molecule has 1 rings (SSSR count). The topological polar surface area (TPSA) is 34.4 Å². The van der Waals surface area contributed by atoms with E-state index in [2.05, 4.69) is 18.4 Å². The second-order valence-corrected chi connectivity index (χ2v) is 4.10. The molecule has 0 aromatic carbocycles. The summed E-state index contributed by atoms with van der Waals surface area (Å²) >= 11 is 0. The van der Waals surface area contributed by atoms with Gasteiger partial charge in [0.2, 0.25) is 0 Å². The predicted octanol–water partition coefficient (Wildman–Crippen LogP) is 2.75. The smallest absolute Gasteiger partial charge is 0.0804 e. The number of rotatable bonds is 8. The van der Waals surface area contributed by atoms with Crippen LogP contribution in [0.3, 0.4) is 0 Å². The summed E-state index contributed by atoms with van der Waals surface area (Å²) in [5.74, 6) is 0. The first kappa shape index (κ1) is 13.3. The average Bonchev–Trinajstić information content (AvgIpc) is 2.73. The quantitative estimate of drug-likeness (QED) is 0.690. The van der Waals surface area contributed by atoms with Gasteiger partial charge in [-0.05, 0) is 24.5 Å². The molecule has 1 heterocycles. The van der Waals surface area contributed by atoms with Crippen molar-refractivity contribution < 1.29 is 9.84 Å². The molecule has 0 fully saturated rings. The highest BCUT2D eigenvalue weighted by Gasteiger charge is 2.07. The van der Waals surface area contributed by atoms with Gasteiger partial charge in [0.25, 0.3) is 0 Å². The number of ether oxygens (including phenoxy) is 1. The minimum Gasteiger partial charge on any atom is -0.388 e. The zero-order valence-corrected chi connectivity index (χ0v) is 10.4. The number of aliphatic hydroxyl groups excluding tert-OH is 1. The second kappa shape index (κ2) is 7.47. The van der Waals surface area contributed by atoms with Gasteiger partial charge in [-0.25, -0.2) is 0 Å². The Bertz CT molecular complexity index is 283. The van der Waals surface area contributed by atoms with Gasteiger partial charge in [0.05, 0.1) is 12.7 Å². The van der Waals surface area contributed by atoms with E-state index in [0.29, 0.717) is 0 Å². The number of nitrogens with zero attached hydrogens (tertiary/aromatic N) is 1. The van der Waals surface area contributed by atoms with Gasteiger partial charge in [-0.2, -0.15) is 0 Å². The van der Waals surface area contributed by atoms with Crippen molar-refractivity contribution in [1.29, 1.82) is 0 Å². The highest BCUT2D eigenvalue weighted by molar-refractivity contribution is 5.13. The van der Waals surface area contributed by atoms with E-state index in [1.807, 2.05) is 18.5 Å². The Hall–Kier alpha value is -0.800. The lowest BCUT2D eigenvalue weighted by Gasteiger charge is -2.06. The Balaban J connectivity index is 2.33. The maximum Gasteiger partial charge on any atom is 0.0804 e. The summed E-state index contributed by atoms with van der Waals surface area (Å²) in [6.07, 6.45) is 6.59. The van der Waals surface area contributed by atoms with E-state index in [9.17, 15) is 5.11 Å². The van der Waals surface area contributed by atoms with Crippen LogP contribution in [-0.2, 0) is 11.3 Å². The predicted molar refractivity (Wildman–Crippen MR) is 65.4 cm³/mol. The molecule has 0 aliphatic rings. The lowest BCUT2D eigenvalue weighted by atomic mass is 10.1. The molecule has 1 N–H and O–H groups in total. The number of aromatic nitrogens is 1. The average molecular weight is 225 g/mol. The van der Waals surface area contributed by atoms with E-state index in [0.717, 1.165) is 44.6 Å². The van der Waals surface area contributed by atoms with Gasteiger partial charge in [0.15, 0.2) is 0 Å². The summed E-state index contributed by atoms with van der Waals surface area (Å²) in [6.45, 7) is 6.62. The van der Waals surface area contributed by atoms with Crippen molar-refractivity contribution in [2.45, 2.75) is 45.8 Å². The van der Waals surface area contributed by atoms with Crippen LogP contribution in [0.15, 0.2) is 18.5 Å². The van der Waals surface area contributed by atoms with E-state index < -0.39 is 0 Å². The lowest BCUT2D eigenvalue weighted by Crippen LogP contribution is -2.04. The highest BCUT2D eigenvalue weighted by Crippen LogP contribution is 2.18. The SMILES string of the molecule is CCCOCCn1ccc(C(O)CCC)c1. The normalized spacial score (nSPS) is 12.9. The molecule has 0 saturated carbocycles. The molecule has 1 atom stereocenters. The first-order valence-corrected chi connectivity index (χ1v) is 6.19.